The van der Waals surface area contributed by atoms with Crippen molar-refractivity contribution in [1.29, 1.82) is 5.26 Å². The Morgan fingerprint density at radius 1 is 1.59 bits per heavy atom. The van der Waals surface area contributed by atoms with Gasteiger partial charge in [0, 0.05) is 28.8 Å². The maximum Gasteiger partial charge on any atom is 0.253 e. The highest BCUT2D eigenvalue weighted by Gasteiger charge is 2.14. The standard InChI is InChI=1S/C12H14BrN3O/c1-2-16(7-3-6-14)12(17)9-4-5-10(13)11(15)8-9/h4-5,8H,2-3,7,15H2,1H3. The van der Waals surface area contributed by atoms with Gasteiger partial charge in [-0.3, -0.25) is 4.79 Å². The number of rotatable bonds is 4. The van der Waals surface area contributed by atoms with Crippen LogP contribution < -0.4 is 5.73 Å². The van der Waals surface area contributed by atoms with E-state index in [0.717, 1.165) is 4.47 Å². The summed E-state index contributed by atoms with van der Waals surface area (Å²) in [5, 5.41) is 8.53. The lowest BCUT2D eigenvalue weighted by atomic mass is 10.1. The third kappa shape index (κ3) is 3.46. The monoisotopic (exact) mass is 295 g/mol. The van der Waals surface area contributed by atoms with E-state index in [2.05, 4.69) is 15.9 Å². The number of amides is 1. The normalized spacial score (nSPS) is 9.71. The van der Waals surface area contributed by atoms with Crippen LogP contribution in [-0.2, 0) is 0 Å². The number of carbonyl (C=O) groups excluding carboxylic acids is 1. The number of halogens is 1. The molecule has 0 unspecified atom stereocenters. The largest absolute Gasteiger partial charge is 0.398 e. The number of carbonyl (C=O) groups is 1. The van der Waals surface area contributed by atoms with Crippen molar-refractivity contribution in [2.24, 2.45) is 0 Å². The maximum atomic E-state index is 12.1. The van der Waals surface area contributed by atoms with Gasteiger partial charge in [0.1, 0.15) is 0 Å². The predicted molar refractivity (Wildman–Crippen MR) is 70.4 cm³/mol. The number of nitrogens with zero attached hydrogens (tertiary/aromatic N) is 2. The van der Waals surface area contributed by atoms with E-state index in [0.29, 0.717) is 30.8 Å². The molecule has 0 aromatic heterocycles. The number of benzene rings is 1. The summed E-state index contributed by atoms with van der Waals surface area (Å²) in [7, 11) is 0. The maximum absolute atomic E-state index is 12.1. The molecule has 1 amide bonds. The summed E-state index contributed by atoms with van der Waals surface area (Å²) in [5.41, 5.74) is 6.81. The summed E-state index contributed by atoms with van der Waals surface area (Å²) in [6, 6.07) is 7.14. The first-order valence-electron chi connectivity index (χ1n) is 5.31. The Kier molecular flexibility index (Phi) is 4.98. The van der Waals surface area contributed by atoms with Gasteiger partial charge in [0.2, 0.25) is 0 Å². The Morgan fingerprint density at radius 2 is 2.29 bits per heavy atom. The van der Waals surface area contributed by atoms with Crippen LogP contribution in [0.5, 0.6) is 0 Å². The van der Waals surface area contributed by atoms with Crippen molar-refractivity contribution in [3.05, 3.63) is 28.2 Å². The number of hydrogen-bond donors (Lipinski definition) is 1. The number of anilines is 1. The molecular weight excluding hydrogens is 282 g/mol. The van der Waals surface area contributed by atoms with Crippen molar-refractivity contribution in [1.82, 2.24) is 4.90 Å². The van der Waals surface area contributed by atoms with Crippen LogP contribution in [0.15, 0.2) is 22.7 Å². The molecule has 0 saturated heterocycles. The first kappa shape index (κ1) is 13.5. The van der Waals surface area contributed by atoms with Crippen LogP contribution in [0.1, 0.15) is 23.7 Å². The van der Waals surface area contributed by atoms with E-state index in [1.807, 2.05) is 13.0 Å². The topological polar surface area (TPSA) is 70.1 Å². The predicted octanol–water partition coefficient (Wildman–Crippen LogP) is 2.41. The van der Waals surface area contributed by atoms with Gasteiger partial charge in [-0.05, 0) is 41.1 Å². The molecule has 1 aromatic rings. The average molecular weight is 296 g/mol. The van der Waals surface area contributed by atoms with Crippen molar-refractivity contribution >= 4 is 27.5 Å². The van der Waals surface area contributed by atoms with Crippen LogP contribution in [0.2, 0.25) is 0 Å². The fraction of sp³-hybridized carbons (Fsp3) is 0.333. The minimum Gasteiger partial charge on any atom is -0.398 e. The van der Waals surface area contributed by atoms with Gasteiger partial charge < -0.3 is 10.6 Å². The molecule has 0 radical (unpaired) electrons. The van der Waals surface area contributed by atoms with Crippen LogP contribution in [0.4, 0.5) is 5.69 Å². The van der Waals surface area contributed by atoms with Gasteiger partial charge >= 0.3 is 0 Å². The summed E-state index contributed by atoms with van der Waals surface area (Å²) in [6.45, 7) is 2.91. The molecule has 0 aliphatic heterocycles. The second kappa shape index (κ2) is 6.26. The first-order valence-corrected chi connectivity index (χ1v) is 6.10. The highest BCUT2D eigenvalue weighted by atomic mass is 79.9. The highest BCUT2D eigenvalue weighted by Crippen LogP contribution is 2.21. The van der Waals surface area contributed by atoms with Crippen LogP contribution in [0, 0.1) is 11.3 Å². The summed E-state index contributed by atoms with van der Waals surface area (Å²) >= 11 is 3.28. The van der Waals surface area contributed by atoms with E-state index in [9.17, 15) is 4.79 Å². The van der Waals surface area contributed by atoms with E-state index in [-0.39, 0.29) is 5.91 Å². The quantitative estimate of drug-likeness (QED) is 0.867. The molecule has 17 heavy (non-hydrogen) atoms. The molecule has 2 N–H and O–H groups in total. The molecule has 0 heterocycles. The van der Waals surface area contributed by atoms with Crippen LogP contribution in [0.25, 0.3) is 0 Å². The molecule has 0 atom stereocenters. The van der Waals surface area contributed by atoms with E-state index >= 15 is 0 Å². The molecule has 0 fully saturated rings. The molecular formula is C12H14BrN3O. The SMILES string of the molecule is CCN(CCC#N)C(=O)c1ccc(Br)c(N)c1. The van der Waals surface area contributed by atoms with Crippen molar-refractivity contribution in [2.75, 3.05) is 18.8 Å². The zero-order valence-corrected chi connectivity index (χ0v) is 11.2. The average Bonchev–Trinajstić information content (AvgIpc) is 2.33. The fourth-order valence-corrected chi connectivity index (χ4v) is 1.69. The van der Waals surface area contributed by atoms with Gasteiger partial charge in [0.25, 0.3) is 5.91 Å². The number of nitrogen functional groups attached to an aromatic ring is 1. The first-order chi connectivity index (χ1) is 8.10. The molecule has 5 heteroatoms. The lowest BCUT2D eigenvalue weighted by Gasteiger charge is -2.19. The zero-order chi connectivity index (χ0) is 12.8. The highest BCUT2D eigenvalue weighted by molar-refractivity contribution is 9.10. The van der Waals surface area contributed by atoms with Crippen molar-refractivity contribution in [2.45, 2.75) is 13.3 Å². The molecule has 0 bridgehead atoms. The molecule has 0 aliphatic carbocycles. The van der Waals surface area contributed by atoms with Crippen molar-refractivity contribution in [3.8, 4) is 6.07 Å². The smallest absolute Gasteiger partial charge is 0.253 e. The molecule has 0 saturated carbocycles. The second-order valence-electron chi connectivity index (χ2n) is 3.53. The summed E-state index contributed by atoms with van der Waals surface area (Å²) in [6.07, 6.45) is 0.339. The third-order valence-electron chi connectivity index (χ3n) is 2.41. The Morgan fingerprint density at radius 3 is 2.82 bits per heavy atom. The van der Waals surface area contributed by atoms with Crippen molar-refractivity contribution in [3.63, 3.8) is 0 Å². The number of nitriles is 1. The van der Waals surface area contributed by atoms with E-state index in [4.69, 9.17) is 11.0 Å². The minimum atomic E-state index is -0.0954. The third-order valence-corrected chi connectivity index (χ3v) is 3.13. The number of nitrogens with two attached hydrogens (primary N) is 1. The Balaban J connectivity index is 2.86. The molecule has 1 aromatic carbocycles. The Labute approximate surface area is 109 Å². The van der Waals surface area contributed by atoms with Crippen LogP contribution in [-0.4, -0.2) is 23.9 Å². The second-order valence-corrected chi connectivity index (χ2v) is 4.38. The lowest BCUT2D eigenvalue weighted by Crippen LogP contribution is -2.31. The minimum absolute atomic E-state index is 0.0954. The molecule has 0 aliphatic rings. The van der Waals surface area contributed by atoms with E-state index in [1.54, 1.807) is 23.1 Å². The molecule has 1 rings (SSSR count). The Hall–Kier alpha value is -1.54. The summed E-state index contributed by atoms with van der Waals surface area (Å²) in [5.74, 6) is -0.0954. The van der Waals surface area contributed by atoms with E-state index in [1.165, 1.54) is 0 Å². The van der Waals surface area contributed by atoms with Gasteiger partial charge in [-0.1, -0.05) is 0 Å². The van der Waals surface area contributed by atoms with Crippen LogP contribution in [0.3, 0.4) is 0 Å². The van der Waals surface area contributed by atoms with Gasteiger partial charge in [0.05, 0.1) is 12.5 Å². The van der Waals surface area contributed by atoms with Gasteiger partial charge in [-0.25, -0.2) is 0 Å². The van der Waals surface area contributed by atoms with Crippen LogP contribution >= 0.6 is 15.9 Å². The van der Waals surface area contributed by atoms with E-state index < -0.39 is 0 Å². The zero-order valence-electron chi connectivity index (χ0n) is 9.61. The van der Waals surface area contributed by atoms with Gasteiger partial charge in [-0.15, -0.1) is 0 Å². The summed E-state index contributed by atoms with van der Waals surface area (Å²) in [4.78, 5) is 13.7. The summed E-state index contributed by atoms with van der Waals surface area (Å²) < 4.78 is 0.772. The van der Waals surface area contributed by atoms with Crippen molar-refractivity contribution < 1.29 is 4.79 Å². The Bertz CT molecular complexity index is 454. The molecule has 90 valence electrons. The van der Waals surface area contributed by atoms with Gasteiger partial charge in [-0.2, -0.15) is 5.26 Å². The fourth-order valence-electron chi connectivity index (χ4n) is 1.45. The molecule has 4 nitrogen and oxygen atoms in total. The van der Waals surface area contributed by atoms with Gasteiger partial charge in [0.15, 0.2) is 0 Å². The number of hydrogen-bond acceptors (Lipinski definition) is 3. The lowest BCUT2D eigenvalue weighted by molar-refractivity contribution is 0.0768. The molecule has 0 spiro atoms.